The summed E-state index contributed by atoms with van der Waals surface area (Å²) < 4.78 is 30.9. The maximum Gasteiger partial charge on any atom is 0.316 e. The third kappa shape index (κ3) is 4.63. The van der Waals surface area contributed by atoms with Crippen molar-refractivity contribution in [1.82, 2.24) is 0 Å². The topological polar surface area (TPSA) is 26.3 Å². The first-order valence-electron chi connectivity index (χ1n) is 6.53. The number of benzene rings is 1. The van der Waals surface area contributed by atoms with Gasteiger partial charge in [-0.2, -0.15) is 0 Å². The second kappa shape index (κ2) is 7.43. The summed E-state index contributed by atoms with van der Waals surface area (Å²) in [7, 11) is 0. The Kier molecular flexibility index (Phi) is 5.59. The van der Waals surface area contributed by atoms with E-state index in [-0.39, 0.29) is 11.7 Å². The van der Waals surface area contributed by atoms with E-state index in [0.717, 1.165) is 43.2 Å². The van der Waals surface area contributed by atoms with Gasteiger partial charge < -0.3 is 4.74 Å². The fourth-order valence-electron chi connectivity index (χ4n) is 1.97. The Bertz CT molecular complexity index is 503. The van der Waals surface area contributed by atoms with Crippen LogP contribution in [0.1, 0.15) is 19.3 Å². The van der Waals surface area contributed by atoms with Gasteiger partial charge >= 0.3 is 5.97 Å². The van der Waals surface area contributed by atoms with Gasteiger partial charge in [-0.05, 0) is 43.4 Å². The van der Waals surface area contributed by atoms with Crippen LogP contribution in [0.25, 0.3) is 0 Å². The van der Waals surface area contributed by atoms with Crippen molar-refractivity contribution < 1.29 is 18.3 Å². The molecule has 0 radical (unpaired) electrons. The van der Waals surface area contributed by atoms with Gasteiger partial charge in [-0.25, -0.2) is 8.78 Å². The molecule has 0 fully saturated rings. The van der Waals surface area contributed by atoms with Gasteiger partial charge in [0.25, 0.3) is 0 Å². The standard InChI is InChI=1S/C15H16F2O2S/c16-13-7-6-12(8-14(13)17)20-10-15(18)19-9-11-4-2-1-3-5-11/h1-2,6-8,11H,3-5,9-10H2. The van der Waals surface area contributed by atoms with Gasteiger partial charge in [0.2, 0.25) is 0 Å². The second-order valence-electron chi connectivity index (χ2n) is 4.70. The van der Waals surface area contributed by atoms with Gasteiger partial charge in [0, 0.05) is 4.90 Å². The molecule has 0 heterocycles. The number of allylic oxidation sites excluding steroid dienone is 2. The van der Waals surface area contributed by atoms with Crippen molar-refractivity contribution in [2.75, 3.05) is 12.4 Å². The Morgan fingerprint density at radius 1 is 1.30 bits per heavy atom. The highest BCUT2D eigenvalue weighted by Gasteiger charge is 2.13. The summed E-state index contributed by atoms with van der Waals surface area (Å²) in [5.41, 5.74) is 0. The highest BCUT2D eigenvalue weighted by atomic mass is 32.2. The number of halogens is 2. The molecule has 1 aliphatic rings. The van der Waals surface area contributed by atoms with Crippen molar-refractivity contribution in [3.63, 3.8) is 0 Å². The van der Waals surface area contributed by atoms with Crippen LogP contribution in [0.3, 0.4) is 0 Å². The first-order chi connectivity index (χ1) is 9.65. The second-order valence-corrected chi connectivity index (χ2v) is 5.75. The van der Waals surface area contributed by atoms with Crippen LogP contribution in [0.2, 0.25) is 0 Å². The Balaban J connectivity index is 1.71. The van der Waals surface area contributed by atoms with E-state index in [1.165, 1.54) is 6.07 Å². The quantitative estimate of drug-likeness (QED) is 0.467. The van der Waals surface area contributed by atoms with Crippen LogP contribution in [-0.4, -0.2) is 18.3 Å². The van der Waals surface area contributed by atoms with Crippen molar-refractivity contribution in [3.05, 3.63) is 42.0 Å². The molecule has 0 amide bonds. The molecule has 0 aliphatic heterocycles. The summed E-state index contributed by atoms with van der Waals surface area (Å²) in [4.78, 5) is 12.1. The van der Waals surface area contributed by atoms with Crippen molar-refractivity contribution in [2.45, 2.75) is 24.2 Å². The molecule has 2 rings (SSSR count). The van der Waals surface area contributed by atoms with E-state index in [4.69, 9.17) is 4.74 Å². The molecule has 1 unspecified atom stereocenters. The zero-order chi connectivity index (χ0) is 14.4. The first kappa shape index (κ1) is 15.0. The number of carbonyl (C=O) groups is 1. The minimum atomic E-state index is -0.905. The molecule has 20 heavy (non-hydrogen) atoms. The number of carbonyl (C=O) groups excluding carboxylic acids is 1. The van der Waals surface area contributed by atoms with Crippen molar-refractivity contribution in [3.8, 4) is 0 Å². The maximum atomic E-state index is 13.0. The van der Waals surface area contributed by atoms with Gasteiger partial charge in [0.05, 0.1) is 12.4 Å². The van der Waals surface area contributed by atoms with Crippen LogP contribution in [0, 0.1) is 17.6 Å². The Morgan fingerprint density at radius 3 is 2.85 bits per heavy atom. The number of hydrogen-bond donors (Lipinski definition) is 0. The Hall–Kier alpha value is -1.36. The number of esters is 1. The van der Waals surface area contributed by atoms with Gasteiger partial charge in [0.15, 0.2) is 11.6 Å². The molecule has 5 heteroatoms. The molecule has 1 atom stereocenters. The number of ether oxygens (including phenoxy) is 1. The molecule has 0 bridgehead atoms. The molecule has 0 spiro atoms. The fourth-order valence-corrected chi connectivity index (χ4v) is 2.69. The molecule has 0 aromatic heterocycles. The minimum absolute atomic E-state index is 0.105. The number of rotatable bonds is 5. The molecule has 108 valence electrons. The van der Waals surface area contributed by atoms with E-state index in [9.17, 15) is 13.6 Å². The number of thioether (sulfide) groups is 1. The largest absolute Gasteiger partial charge is 0.465 e. The van der Waals surface area contributed by atoms with Crippen LogP contribution < -0.4 is 0 Å². The van der Waals surface area contributed by atoms with Crippen LogP contribution >= 0.6 is 11.8 Å². The highest BCUT2D eigenvalue weighted by molar-refractivity contribution is 8.00. The molecule has 1 aliphatic carbocycles. The van der Waals surface area contributed by atoms with Crippen LogP contribution in [0.4, 0.5) is 8.78 Å². The molecule has 0 N–H and O–H groups in total. The van der Waals surface area contributed by atoms with E-state index in [1.54, 1.807) is 0 Å². The van der Waals surface area contributed by atoms with E-state index in [0.29, 0.717) is 17.4 Å². The maximum absolute atomic E-state index is 13.0. The smallest absolute Gasteiger partial charge is 0.316 e. The summed E-state index contributed by atoms with van der Waals surface area (Å²) in [6.45, 7) is 0.432. The molecule has 0 saturated carbocycles. The lowest BCUT2D eigenvalue weighted by atomic mass is 9.95. The fraction of sp³-hybridized carbons (Fsp3) is 0.400. The molecule has 1 aromatic carbocycles. The summed E-state index contributed by atoms with van der Waals surface area (Å²) in [5, 5.41) is 0. The SMILES string of the molecule is O=C(CSc1ccc(F)c(F)c1)OCC1CC=CCC1. The minimum Gasteiger partial charge on any atom is -0.465 e. The average Bonchev–Trinajstić information content (AvgIpc) is 2.47. The summed E-state index contributed by atoms with van der Waals surface area (Å²) in [5.74, 6) is -1.61. The van der Waals surface area contributed by atoms with Crippen LogP contribution in [0.5, 0.6) is 0 Å². The predicted molar refractivity (Wildman–Crippen MR) is 74.5 cm³/mol. The normalized spacial score (nSPS) is 18.0. The molecule has 2 nitrogen and oxygen atoms in total. The third-order valence-electron chi connectivity index (χ3n) is 3.11. The van der Waals surface area contributed by atoms with E-state index >= 15 is 0 Å². The van der Waals surface area contributed by atoms with Gasteiger partial charge in [-0.3, -0.25) is 4.79 Å². The summed E-state index contributed by atoms with van der Waals surface area (Å²) in [6.07, 6.45) is 7.27. The van der Waals surface area contributed by atoms with Crippen molar-refractivity contribution in [2.24, 2.45) is 5.92 Å². The van der Waals surface area contributed by atoms with Gasteiger partial charge in [0.1, 0.15) is 0 Å². The van der Waals surface area contributed by atoms with Crippen LogP contribution in [0.15, 0.2) is 35.2 Å². The van der Waals surface area contributed by atoms with Gasteiger partial charge in [-0.15, -0.1) is 11.8 Å². The van der Waals surface area contributed by atoms with Crippen molar-refractivity contribution >= 4 is 17.7 Å². The predicted octanol–water partition coefficient (Wildman–Crippen LogP) is 3.96. The molecular formula is C15H16F2O2S. The Labute approximate surface area is 121 Å². The Morgan fingerprint density at radius 2 is 2.15 bits per heavy atom. The summed E-state index contributed by atoms with van der Waals surface area (Å²) in [6, 6.07) is 3.58. The van der Waals surface area contributed by atoms with E-state index in [1.807, 2.05) is 0 Å². The zero-order valence-electron chi connectivity index (χ0n) is 11.0. The van der Waals surface area contributed by atoms with E-state index < -0.39 is 11.6 Å². The lowest BCUT2D eigenvalue weighted by Gasteiger charge is -2.17. The third-order valence-corrected chi connectivity index (χ3v) is 4.07. The lowest BCUT2D eigenvalue weighted by molar-refractivity contribution is -0.141. The van der Waals surface area contributed by atoms with Gasteiger partial charge in [-0.1, -0.05) is 12.2 Å². The molecule has 0 saturated heterocycles. The van der Waals surface area contributed by atoms with Crippen molar-refractivity contribution in [1.29, 1.82) is 0 Å². The number of hydrogen-bond acceptors (Lipinski definition) is 3. The van der Waals surface area contributed by atoms with Crippen LogP contribution in [-0.2, 0) is 9.53 Å². The zero-order valence-corrected chi connectivity index (χ0v) is 11.8. The highest BCUT2D eigenvalue weighted by Crippen LogP contribution is 2.21. The monoisotopic (exact) mass is 298 g/mol. The van der Waals surface area contributed by atoms with E-state index in [2.05, 4.69) is 12.2 Å². The lowest BCUT2D eigenvalue weighted by Crippen LogP contribution is -2.16. The molecule has 1 aromatic rings. The average molecular weight is 298 g/mol. The molecular weight excluding hydrogens is 282 g/mol. The summed E-state index contributed by atoms with van der Waals surface area (Å²) >= 11 is 1.14. The first-order valence-corrected chi connectivity index (χ1v) is 7.52.